The van der Waals surface area contributed by atoms with Gasteiger partial charge in [0, 0.05) is 13.1 Å². The van der Waals surface area contributed by atoms with Crippen LogP contribution in [-0.2, 0) is 4.79 Å². The minimum atomic E-state index is -0.266. The van der Waals surface area contributed by atoms with Gasteiger partial charge in [0.05, 0.1) is 26.3 Å². The first-order valence-electron chi connectivity index (χ1n) is 9.20. The summed E-state index contributed by atoms with van der Waals surface area (Å²) in [5.41, 5.74) is 2.82. The van der Waals surface area contributed by atoms with Crippen molar-refractivity contribution in [1.82, 2.24) is 5.32 Å². The monoisotopic (exact) mass is 449 g/mol. The van der Waals surface area contributed by atoms with Crippen LogP contribution in [0.4, 0.5) is 15.8 Å². The predicted octanol–water partition coefficient (Wildman–Crippen LogP) is 5.93. The molecule has 4 rings (SSSR count). The number of halogens is 3. The molecule has 2 aromatic carbocycles. The minimum Gasteiger partial charge on any atom is -0.369 e. The molecule has 0 aliphatic carbocycles. The molecule has 2 aliphatic rings. The average molecular weight is 450 g/mol. The van der Waals surface area contributed by atoms with Gasteiger partial charge in [0.15, 0.2) is 5.17 Å². The maximum absolute atomic E-state index is 14.7. The molecule has 2 saturated heterocycles. The Morgan fingerprint density at radius 2 is 1.93 bits per heavy atom. The topological polar surface area (TPSA) is 44.7 Å². The molecular weight excluding hydrogens is 432 g/mol. The van der Waals surface area contributed by atoms with E-state index in [1.54, 1.807) is 24.3 Å². The molecule has 0 bridgehead atoms. The Balaban J connectivity index is 1.58. The summed E-state index contributed by atoms with van der Waals surface area (Å²) in [5.74, 6) is -0.533. The molecule has 0 radical (unpaired) electrons. The summed E-state index contributed by atoms with van der Waals surface area (Å²) < 4.78 is 14.7. The number of aliphatic imine (C=N–C) groups is 1. The summed E-state index contributed by atoms with van der Waals surface area (Å²) in [6.45, 7) is 3.68. The van der Waals surface area contributed by atoms with Crippen molar-refractivity contribution in [2.45, 2.75) is 19.8 Å². The highest BCUT2D eigenvalue weighted by Gasteiger charge is 2.25. The lowest BCUT2D eigenvalue weighted by molar-refractivity contribution is -0.115. The minimum absolute atomic E-state index is 0.266. The van der Waals surface area contributed by atoms with Crippen LogP contribution in [0.3, 0.4) is 0 Å². The Labute approximate surface area is 182 Å². The second-order valence-corrected chi connectivity index (χ2v) is 8.78. The van der Waals surface area contributed by atoms with Gasteiger partial charge in [-0.15, -0.1) is 0 Å². The van der Waals surface area contributed by atoms with E-state index in [2.05, 4.69) is 15.2 Å². The highest BCUT2D eigenvalue weighted by Crippen LogP contribution is 2.33. The van der Waals surface area contributed by atoms with E-state index < -0.39 is 0 Å². The summed E-state index contributed by atoms with van der Waals surface area (Å²) in [4.78, 5) is 19.3. The highest BCUT2D eigenvalue weighted by atomic mass is 35.5. The number of thioether (sulfide) groups is 1. The van der Waals surface area contributed by atoms with E-state index in [1.807, 2.05) is 13.0 Å². The van der Waals surface area contributed by atoms with E-state index >= 15 is 0 Å². The third-order valence-corrected chi connectivity index (χ3v) is 6.50. The summed E-state index contributed by atoms with van der Waals surface area (Å²) in [6, 6.07) is 8.34. The van der Waals surface area contributed by atoms with E-state index in [-0.39, 0.29) is 11.7 Å². The Kier molecular flexibility index (Phi) is 5.86. The van der Waals surface area contributed by atoms with E-state index in [9.17, 15) is 9.18 Å². The highest BCUT2D eigenvalue weighted by molar-refractivity contribution is 8.18. The number of hydrogen-bond acceptors (Lipinski definition) is 4. The smallest absolute Gasteiger partial charge is 0.264 e. The fourth-order valence-corrected chi connectivity index (χ4v) is 4.46. The molecule has 0 atom stereocenters. The Bertz CT molecular complexity index is 1050. The van der Waals surface area contributed by atoms with Crippen LogP contribution in [0.15, 0.2) is 40.2 Å². The molecule has 2 heterocycles. The van der Waals surface area contributed by atoms with E-state index in [4.69, 9.17) is 23.2 Å². The molecule has 4 nitrogen and oxygen atoms in total. The third-order valence-electron chi connectivity index (χ3n) is 4.85. The van der Waals surface area contributed by atoms with Crippen LogP contribution in [0.25, 0.3) is 6.08 Å². The Morgan fingerprint density at radius 1 is 1.17 bits per heavy atom. The van der Waals surface area contributed by atoms with Crippen LogP contribution in [0.1, 0.15) is 24.0 Å². The molecule has 0 unspecified atom stereocenters. The van der Waals surface area contributed by atoms with Crippen LogP contribution < -0.4 is 10.2 Å². The first-order valence-corrected chi connectivity index (χ1v) is 10.8. The van der Waals surface area contributed by atoms with Crippen molar-refractivity contribution in [3.05, 3.63) is 62.2 Å². The summed E-state index contributed by atoms with van der Waals surface area (Å²) in [7, 11) is 0. The van der Waals surface area contributed by atoms with Crippen molar-refractivity contribution in [1.29, 1.82) is 0 Å². The lowest BCUT2D eigenvalue weighted by Gasteiger charge is -2.19. The number of nitrogens with one attached hydrogen (secondary N) is 1. The molecule has 2 aliphatic heterocycles. The Hall–Kier alpha value is -2.02. The largest absolute Gasteiger partial charge is 0.369 e. The number of benzene rings is 2. The van der Waals surface area contributed by atoms with Gasteiger partial charge >= 0.3 is 0 Å². The zero-order valence-corrected chi connectivity index (χ0v) is 18.0. The molecular formula is C21H18Cl2FN3OS. The van der Waals surface area contributed by atoms with Gasteiger partial charge in [-0.2, -0.15) is 0 Å². The number of rotatable bonds is 3. The number of hydrogen-bond donors (Lipinski definition) is 1. The van der Waals surface area contributed by atoms with Crippen LogP contribution in [0.2, 0.25) is 10.0 Å². The number of carbonyl (C=O) groups excluding carboxylic acids is 1. The van der Waals surface area contributed by atoms with Gasteiger partial charge in [-0.3, -0.25) is 4.79 Å². The first kappa shape index (κ1) is 20.3. The van der Waals surface area contributed by atoms with Gasteiger partial charge in [0.1, 0.15) is 5.82 Å². The SMILES string of the molecule is Cc1cc(N2CCCC2)c(F)cc1C=C1SC(=Nc2ccc(Cl)c(Cl)c2)NC1=O. The fraction of sp³-hybridized carbons (Fsp3) is 0.238. The molecule has 0 saturated carbocycles. The van der Waals surface area contributed by atoms with E-state index in [0.717, 1.165) is 31.5 Å². The van der Waals surface area contributed by atoms with Crippen LogP contribution >= 0.6 is 35.0 Å². The lowest BCUT2D eigenvalue weighted by Crippen LogP contribution is -2.19. The zero-order valence-electron chi connectivity index (χ0n) is 15.6. The molecule has 0 spiro atoms. The van der Waals surface area contributed by atoms with E-state index in [0.29, 0.717) is 37.1 Å². The normalized spacial score (nSPS) is 19.4. The first-order chi connectivity index (χ1) is 13.9. The van der Waals surface area contributed by atoms with Crippen molar-refractivity contribution in [3.8, 4) is 0 Å². The second-order valence-electron chi connectivity index (χ2n) is 6.93. The van der Waals surface area contributed by atoms with Gasteiger partial charge in [0.25, 0.3) is 5.91 Å². The van der Waals surface area contributed by atoms with Crippen molar-refractivity contribution in [2.24, 2.45) is 4.99 Å². The van der Waals surface area contributed by atoms with Gasteiger partial charge in [-0.25, -0.2) is 9.38 Å². The molecule has 2 aromatic rings. The summed E-state index contributed by atoms with van der Waals surface area (Å²) in [6.07, 6.45) is 3.87. The molecule has 2 fully saturated rings. The number of nitrogens with zero attached hydrogens (tertiary/aromatic N) is 2. The van der Waals surface area contributed by atoms with Crippen molar-refractivity contribution in [2.75, 3.05) is 18.0 Å². The standard InChI is InChI=1S/C21H18Cl2FN3OS/c1-12-8-18(27-6-2-3-7-27)17(24)9-13(12)10-19-20(28)26-21(29-19)25-14-4-5-15(22)16(23)11-14/h4-5,8-11H,2-3,6-7H2,1H3,(H,25,26,28). The second kappa shape index (κ2) is 8.38. The molecule has 1 N–H and O–H groups in total. The molecule has 8 heteroatoms. The van der Waals surface area contributed by atoms with Crippen molar-refractivity contribution >= 4 is 63.5 Å². The van der Waals surface area contributed by atoms with Gasteiger partial charge < -0.3 is 10.2 Å². The molecule has 150 valence electrons. The van der Waals surface area contributed by atoms with Crippen LogP contribution in [0.5, 0.6) is 0 Å². The van der Waals surface area contributed by atoms with Gasteiger partial charge in [0.2, 0.25) is 0 Å². The van der Waals surface area contributed by atoms with E-state index in [1.165, 1.54) is 17.8 Å². The number of amides is 1. The van der Waals surface area contributed by atoms with Gasteiger partial charge in [-0.05, 0) is 79.1 Å². The number of anilines is 1. The zero-order chi connectivity index (χ0) is 20.5. The number of aryl methyl sites for hydroxylation is 1. The lowest BCUT2D eigenvalue weighted by atomic mass is 10.1. The maximum atomic E-state index is 14.7. The molecule has 1 amide bonds. The fourth-order valence-electron chi connectivity index (χ4n) is 3.33. The van der Waals surface area contributed by atoms with Crippen LogP contribution in [0, 0.1) is 12.7 Å². The molecule has 29 heavy (non-hydrogen) atoms. The number of amidine groups is 1. The third kappa shape index (κ3) is 4.44. The van der Waals surface area contributed by atoms with Crippen LogP contribution in [-0.4, -0.2) is 24.2 Å². The Morgan fingerprint density at radius 3 is 2.66 bits per heavy atom. The summed E-state index contributed by atoms with van der Waals surface area (Å²) in [5, 5.41) is 3.99. The molecule has 0 aromatic heterocycles. The quantitative estimate of drug-likeness (QED) is 0.590. The maximum Gasteiger partial charge on any atom is 0.264 e. The van der Waals surface area contributed by atoms with Crippen molar-refractivity contribution in [3.63, 3.8) is 0 Å². The predicted molar refractivity (Wildman–Crippen MR) is 120 cm³/mol. The van der Waals surface area contributed by atoms with Crippen molar-refractivity contribution < 1.29 is 9.18 Å². The summed E-state index contributed by atoms with van der Waals surface area (Å²) >= 11 is 13.1. The number of carbonyl (C=O) groups is 1. The van der Waals surface area contributed by atoms with Gasteiger partial charge in [-0.1, -0.05) is 23.2 Å². The average Bonchev–Trinajstić information content (AvgIpc) is 3.31.